The molecule has 0 saturated heterocycles. The number of aromatic nitrogens is 2. The molecule has 0 bridgehead atoms. The maximum Gasteiger partial charge on any atom is 0.0646 e. The van der Waals surface area contributed by atoms with Gasteiger partial charge in [0.2, 0.25) is 0 Å². The normalized spacial score (nSPS) is 12.6. The highest BCUT2D eigenvalue weighted by Crippen LogP contribution is 2.15. The minimum atomic E-state index is 0.395. The van der Waals surface area contributed by atoms with E-state index >= 15 is 0 Å². The number of nitrogens with one attached hydrogen (secondary N) is 1. The van der Waals surface area contributed by atoms with Gasteiger partial charge in [-0.15, -0.1) is 0 Å². The van der Waals surface area contributed by atoms with E-state index in [-0.39, 0.29) is 0 Å². The quantitative estimate of drug-likeness (QED) is 0.866. The van der Waals surface area contributed by atoms with Gasteiger partial charge in [-0.2, -0.15) is 5.10 Å². The number of hydrogen-bond acceptors (Lipinski definition) is 2. The van der Waals surface area contributed by atoms with E-state index < -0.39 is 0 Å². The van der Waals surface area contributed by atoms with Crippen molar-refractivity contribution in [2.75, 3.05) is 6.54 Å². The molecule has 1 aromatic carbocycles. The number of benzene rings is 1. The lowest BCUT2D eigenvalue weighted by atomic mass is 10.1. The molecule has 1 heterocycles. The third kappa shape index (κ3) is 3.07. The molecule has 1 aromatic heterocycles. The number of nitrogens with zero attached hydrogens (tertiary/aromatic N) is 2. The van der Waals surface area contributed by atoms with Gasteiger partial charge in [-0.3, -0.25) is 0 Å². The Bertz CT molecular complexity index is 476. The second-order valence-corrected chi connectivity index (χ2v) is 5.22. The fraction of sp³-hybridized carbons (Fsp3) is 0.308. The fourth-order valence-electron chi connectivity index (χ4n) is 1.78. The molecule has 3 nitrogen and oxygen atoms in total. The predicted octanol–water partition coefficient (Wildman–Crippen LogP) is 3.15. The van der Waals surface area contributed by atoms with Gasteiger partial charge in [0, 0.05) is 12.2 Å². The topological polar surface area (TPSA) is 29.9 Å². The first-order chi connectivity index (χ1) is 8.20. The Morgan fingerprint density at radius 3 is 2.59 bits per heavy atom. The van der Waals surface area contributed by atoms with Gasteiger partial charge >= 0.3 is 0 Å². The molecule has 0 saturated carbocycles. The lowest BCUT2D eigenvalue weighted by Gasteiger charge is -2.13. The Morgan fingerprint density at radius 2 is 2.06 bits per heavy atom. The van der Waals surface area contributed by atoms with Gasteiger partial charge in [0.25, 0.3) is 0 Å². The SMILES string of the molecule is CCNC(C)c1ccc(-n2cc(I)cn2)cc1. The molecule has 90 valence electrons. The first-order valence-corrected chi connectivity index (χ1v) is 6.82. The summed E-state index contributed by atoms with van der Waals surface area (Å²) in [6, 6.07) is 8.90. The second kappa shape index (κ2) is 5.64. The summed E-state index contributed by atoms with van der Waals surface area (Å²) in [5.41, 5.74) is 2.40. The molecule has 0 amide bonds. The number of hydrogen-bond donors (Lipinski definition) is 1. The maximum absolute atomic E-state index is 4.29. The molecule has 0 aliphatic heterocycles. The number of halogens is 1. The molecule has 1 unspecified atom stereocenters. The zero-order valence-corrected chi connectivity index (χ0v) is 12.2. The Labute approximate surface area is 115 Å². The van der Waals surface area contributed by atoms with Crippen LogP contribution < -0.4 is 5.32 Å². The standard InChI is InChI=1S/C13H16IN3/c1-3-15-10(2)11-4-6-13(7-5-11)17-9-12(14)8-16-17/h4-10,15H,3H2,1-2H3. The lowest BCUT2D eigenvalue weighted by molar-refractivity contribution is 0.598. The van der Waals surface area contributed by atoms with Gasteiger partial charge in [0.15, 0.2) is 0 Å². The Morgan fingerprint density at radius 1 is 1.35 bits per heavy atom. The minimum Gasteiger partial charge on any atom is -0.310 e. The summed E-state index contributed by atoms with van der Waals surface area (Å²) in [5.74, 6) is 0. The molecule has 0 fully saturated rings. The smallest absolute Gasteiger partial charge is 0.0646 e. The highest BCUT2D eigenvalue weighted by Gasteiger charge is 2.04. The van der Waals surface area contributed by atoms with E-state index in [4.69, 9.17) is 0 Å². The van der Waals surface area contributed by atoms with Crippen molar-refractivity contribution in [3.05, 3.63) is 45.8 Å². The average Bonchev–Trinajstić information content (AvgIpc) is 2.76. The van der Waals surface area contributed by atoms with E-state index in [0.717, 1.165) is 15.8 Å². The monoisotopic (exact) mass is 341 g/mol. The Kier molecular flexibility index (Phi) is 4.17. The van der Waals surface area contributed by atoms with Crippen LogP contribution in [0.25, 0.3) is 5.69 Å². The van der Waals surface area contributed by atoms with Crippen molar-refractivity contribution in [2.24, 2.45) is 0 Å². The van der Waals surface area contributed by atoms with Gasteiger partial charge in [-0.1, -0.05) is 19.1 Å². The van der Waals surface area contributed by atoms with E-state index in [2.05, 4.69) is 71.1 Å². The van der Waals surface area contributed by atoms with Crippen LogP contribution in [0.4, 0.5) is 0 Å². The molecule has 0 radical (unpaired) electrons. The van der Waals surface area contributed by atoms with Crippen LogP contribution in [-0.2, 0) is 0 Å². The van der Waals surface area contributed by atoms with Crippen molar-refractivity contribution in [1.82, 2.24) is 15.1 Å². The van der Waals surface area contributed by atoms with Gasteiger partial charge in [0.1, 0.15) is 0 Å². The van der Waals surface area contributed by atoms with Crippen molar-refractivity contribution in [3.8, 4) is 5.69 Å². The van der Waals surface area contributed by atoms with Crippen LogP contribution >= 0.6 is 22.6 Å². The first-order valence-electron chi connectivity index (χ1n) is 5.74. The minimum absolute atomic E-state index is 0.395. The highest BCUT2D eigenvalue weighted by molar-refractivity contribution is 14.1. The van der Waals surface area contributed by atoms with Gasteiger partial charge in [-0.05, 0) is 53.8 Å². The molecule has 4 heteroatoms. The Balaban J connectivity index is 2.18. The summed E-state index contributed by atoms with van der Waals surface area (Å²) in [7, 11) is 0. The van der Waals surface area contributed by atoms with E-state index in [0.29, 0.717) is 6.04 Å². The van der Waals surface area contributed by atoms with E-state index in [1.807, 2.05) is 17.1 Å². The molecular weight excluding hydrogens is 325 g/mol. The highest BCUT2D eigenvalue weighted by atomic mass is 127. The third-order valence-electron chi connectivity index (χ3n) is 2.72. The average molecular weight is 341 g/mol. The van der Waals surface area contributed by atoms with Gasteiger partial charge < -0.3 is 5.32 Å². The van der Waals surface area contributed by atoms with Crippen LogP contribution in [0.3, 0.4) is 0 Å². The molecular formula is C13H16IN3. The summed E-state index contributed by atoms with van der Waals surface area (Å²) in [5, 5.41) is 7.69. The third-order valence-corrected chi connectivity index (χ3v) is 3.28. The summed E-state index contributed by atoms with van der Waals surface area (Å²) in [4.78, 5) is 0. The van der Waals surface area contributed by atoms with Crippen molar-refractivity contribution >= 4 is 22.6 Å². The summed E-state index contributed by atoms with van der Waals surface area (Å²) in [6.45, 7) is 5.28. The van der Waals surface area contributed by atoms with Crippen LogP contribution in [-0.4, -0.2) is 16.3 Å². The zero-order chi connectivity index (χ0) is 12.3. The van der Waals surface area contributed by atoms with Crippen LogP contribution in [0.1, 0.15) is 25.5 Å². The molecule has 0 spiro atoms. The predicted molar refractivity (Wildman–Crippen MR) is 78.4 cm³/mol. The number of rotatable bonds is 4. The van der Waals surface area contributed by atoms with E-state index in [1.165, 1.54) is 5.56 Å². The lowest BCUT2D eigenvalue weighted by Crippen LogP contribution is -2.17. The van der Waals surface area contributed by atoms with Crippen molar-refractivity contribution in [3.63, 3.8) is 0 Å². The van der Waals surface area contributed by atoms with Crippen molar-refractivity contribution < 1.29 is 0 Å². The second-order valence-electron chi connectivity index (χ2n) is 3.97. The van der Waals surface area contributed by atoms with Crippen molar-refractivity contribution in [1.29, 1.82) is 0 Å². The molecule has 2 rings (SSSR count). The first kappa shape index (κ1) is 12.6. The van der Waals surface area contributed by atoms with Crippen LogP contribution in [0.5, 0.6) is 0 Å². The van der Waals surface area contributed by atoms with Crippen LogP contribution in [0.15, 0.2) is 36.7 Å². The van der Waals surface area contributed by atoms with Gasteiger partial charge in [-0.25, -0.2) is 4.68 Å². The molecule has 0 aliphatic carbocycles. The van der Waals surface area contributed by atoms with E-state index in [1.54, 1.807) is 0 Å². The largest absolute Gasteiger partial charge is 0.310 e. The molecule has 1 N–H and O–H groups in total. The maximum atomic E-state index is 4.29. The molecule has 17 heavy (non-hydrogen) atoms. The van der Waals surface area contributed by atoms with Gasteiger partial charge in [0.05, 0.1) is 15.5 Å². The van der Waals surface area contributed by atoms with Crippen molar-refractivity contribution in [2.45, 2.75) is 19.9 Å². The van der Waals surface area contributed by atoms with E-state index in [9.17, 15) is 0 Å². The summed E-state index contributed by atoms with van der Waals surface area (Å²) < 4.78 is 3.04. The fourth-order valence-corrected chi connectivity index (χ4v) is 2.17. The molecule has 1 atom stereocenters. The van der Waals surface area contributed by atoms with Crippen LogP contribution in [0, 0.1) is 3.57 Å². The zero-order valence-electron chi connectivity index (χ0n) is 10.0. The Hall–Kier alpha value is -0.880. The van der Waals surface area contributed by atoms with Crippen LogP contribution in [0.2, 0.25) is 0 Å². The summed E-state index contributed by atoms with van der Waals surface area (Å²) >= 11 is 2.26. The molecule has 2 aromatic rings. The molecule has 0 aliphatic rings. The summed E-state index contributed by atoms with van der Waals surface area (Å²) in [6.07, 6.45) is 3.87.